The maximum absolute atomic E-state index is 14.7. The normalized spacial score (nSPS) is 21.4. The molecular formula is C58H62ClN11O8. The van der Waals surface area contributed by atoms with Gasteiger partial charge >= 0.3 is 6.01 Å². The van der Waals surface area contributed by atoms with Crippen molar-refractivity contribution in [3.63, 3.8) is 0 Å². The standard InChI is InChI=1S/C58H62ClN11O8/c1-29(2)52(57(75)69-25-37(72)20-47(69)55(73)63-46(27-71)33-8-10-34(59)11-9-33)70-26-43-39-12-5-31(18-45(39)62-56(74)51(43)67-70)28-77-53-49(48-30(3)4-13-44-42(48)23-61-66-44)40(32-6-7-32)21-41-50(53)64-58(78-38-14-16-76-17-15-38)65-54(41)68-24-35-19-36(68)22-60-35/h4-5,8-13,18,21,23,26,29,32,35-38,46-47,52,60,71-72H,6-7,14-17,19-20,22,24-25,27-28H2,1-3H3,(H,61,66)(H,62,74)(H,63,73). The van der Waals surface area contributed by atoms with Crippen molar-refractivity contribution in [2.24, 2.45) is 5.92 Å². The Balaban J connectivity index is 0.861. The van der Waals surface area contributed by atoms with Crippen LogP contribution in [-0.2, 0) is 20.9 Å². The SMILES string of the molecule is Cc1ccc2[nH]ncc2c1-c1c(C2CC2)cc2c(N3CC4CC3CN4)nc(OC3CCOCC3)nc2c1OCc1ccc2c(c1)[nH]c(=O)c1nn(C(C(=O)N3CC(O)CC3C(=O)NC(CO)c3ccc(Cl)cc3)C(C)C)cc12. The monoisotopic (exact) mass is 1080 g/mol. The van der Waals surface area contributed by atoms with Crippen molar-refractivity contribution in [2.75, 3.05) is 44.4 Å². The number of nitrogens with zero attached hydrogens (tertiary/aromatic N) is 7. The van der Waals surface area contributed by atoms with Crippen LogP contribution in [0, 0.1) is 12.8 Å². The molecule has 4 aliphatic heterocycles. The first kappa shape index (κ1) is 50.4. The molecule has 6 atom stereocenters. The van der Waals surface area contributed by atoms with Crippen LogP contribution in [0.25, 0.3) is 54.7 Å². The van der Waals surface area contributed by atoms with Gasteiger partial charge in [0.1, 0.15) is 36.1 Å². The number of aliphatic hydroxyl groups is 2. The van der Waals surface area contributed by atoms with E-state index in [2.05, 4.69) is 55.8 Å². The summed E-state index contributed by atoms with van der Waals surface area (Å²) in [5, 5.41) is 43.7. The van der Waals surface area contributed by atoms with Crippen LogP contribution in [0.15, 0.2) is 77.9 Å². The molecule has 8 aromatic rings. The number of hydrogen-bond donors (Lipinski definition) is 6. The number of aromatic nitrogens is 7. The largest absolute Gasteiger partial charge is 0.486 e. The molecule has 0 spiro atoms. The van der Waals surface area contributed by atoms with Crippen molar-refractivity contribution in [2.45, 2.75) is 114 Å². The van der Waals surface area contributed by atoms with Crippen molar-refractivity contribution in [3.8, 4) is 22.9 Å². The lowest BCUT2D eigenvalue weighted by atomic mass is 9.89. The number of nitrogens with one attached hydrogen (secondary N) is 4. The minimum atomic E-state index is -1.02. The number of likely N-dealkylation sites (tertiary alicyclic amines) is 1. The Morgan fingerprint density at radius 2 is 1.74 bits per heavy atom. The van der Waals surface area contributed by atoms with Crippen LogP contribution in [0.1, 0.15) is 92.6 Å². The van der Waals surface area contributed by atoms with Gasteiger partial charge in [-0.25, -0.2) is 0 Å². The number of benzene rings is 4. The van der Waals surface area contributed by atoms with E-state index in [-0.39, 0.29) is 49.8 Å². The number of aryl methyl sites for hydroxylation is 1. The van der Waals surface area contributed by atoms with Crippen molar-refractivity contribution in [1.82, 2.24) is 50.5 Å². The molecular weight excluding hydrogens is 1010 g/mol. The van der Waals surface area contributed by atoms with Gasteiger partial charge in [-0.05, 0) is 96.2 Å². The fraction of sp³-hybridized carbons (Fsp3) is 0.431. The number of carbonyl (C=O) groups excluding carboxylic acids is 2. The van der Waals surface area contributed by atoms with E-state index in [0.717, 1.165) is 89.6 Å². The number of aliphatic hydroxyl groups excluding tert-OH is 2. The van der Waals surface area contributed by atoms with Gasteiger partial charge in [0.2, 0.25) is 11.8 Å². The van der Waals surface area contributed by atoms with Gasteiger partial charge in [0.05, 0.1) is 43.7 Å². The molecule has 5 fully saturated rings. The van der Waals surface area contributed by atoms with Crippen molar-refractivity contribution in [1.29, 1.82) is 0 Å². The number of rotatable bonds is 15. The Labute approximate surface area is 453 Å². The van der Waals surface area contributed by atoms with Gasteiger partial charge in [-0.3, -0.25) is 24.2 Å². The van der Waals surface area contributed by atoms with Crippen LogP contribution < -0.4 is 30.6 Å². The Bertz CT molecular complexity index is 3700. The van der Waals surface area contributed by atoms with Crippen molar-refractivity contribution in [3.05, 3.63) is 111 Å². The summed E-state index contributed by atoms with van der Waals surface area (Å²) in [6.45, 7) is 8.46. The van der Waals surface area contributed by atoms with Crippen LogP contribution in [0.5, 0.6) is 11.8 Å². The first-order valence-corrected chi connectivity index (χ1v) is 27.6. The number of pyridine rings is 1. The topological polar surface area (TPSA) is 238 Å². The summed E-state index contributed by atoms with van der Waals surface area (Å²) >= 11 is 6.09. The summed E-state index contributed by atoms with van der Waals surface area (Å²) in [4.78, 5) is 60.1. The van der Waals surface area contributed by atoms with Gasteiger partial charge in [-0.1, -0.05) is 55.8 Å². The van der Waals surface area contributed by atoms with Gasteiger partial charge in [0, 0.05) is 94.8 Å². The lowest BCUT2D eigenvalue weighted by molar-refractivity contribution is -0.142. The fourth-order valence-electron chi connectivity index (χ4n) is 12.5. The second-order valence-electron chi connectivity index (χ2n) is 22.2. The number of amides is 2. The molecule has 4 aromatic heterocycles. The molecule has 6 unspecified atom stereocenters. The quantitative estimate of drug-likeness (QED) is 0.0613. The van der Waals surface area contributed by atoms with Crippen molar-refractivity contribution >= 4 is 72.8 Å². The van der Waals surface area contributed by atoms with Crippen LogP contribution in [0.4, 0.5) is 5.82 Å². The van der Waals surface area contributed by atoms with Gasteiger partial charge in [-0.15, -0.1) is 0 Å². The summed E-state index contributed by atoms with van der Waals surface area (Å²) in [7, 11) is 0. The molecule has 2 amide bonds. The number of carbonyl (C=O) groups is 2. The molecule has 13 rings (SSSR count). The third-order valence-electron chi connectivity index (χ3n) is 16.6. The number of aromatic amines is 2. The smallest absolute Gasteiger partial charge is 0.319 e. The molecule has 6 N–H and O–H groups in total. The molecule has 0 radical (unpaired) electrons. The number of fused-ring (bicyclic) bond motifs is 7. The number of H-pyrrole nitrogens is 2. The predicted molar refractivity (Wildman–Crippen MR) is 295 cm³/mol. The minimum absolute atomic E-state index is 0.0143. The molecule has 8 heterocycles. The van der Waals surface area contributed by atoms with E-state index in [4.69, 9.17) is 40.9 Å². The highest BCUT2D eigenvalue weighted by molar-refractivity contribution is 6.30. The zero-order valence-electron chi connectivity index (χ0n) is 43.7. The number of hydrogen-bond acceptors (Lipinski definition) is 14. The number of β-amino-alcohol motifs (C(OH)–C–C–N with tert-alkyl or cyclic N) is 1. The van der Waals surface area contributed by atoms with Crippen LogP contribution in [-0.4, -0.2) is 132 Å². The van der Waals surface area contributed by atoms with E-state index in [0.29, 0.717) is 69.3 Å². The van der Waals surface area contributed by atoms with E-state index in [1.807, 2.05) is 38.2 Å². The fourth-order valence-corrected chi connectivity index (χ4v) is 12.6. The summed E-state index contributed by atoms with van der Waals surface area (Å²) in [6.07, 6.45) is 7.18. The maximum atomic E-state index is 14.7. The van der Waals surface area contributed by atoms with Crippen LogP contribution >= 0.6 is 11.6 Å². The molecule has 78 heavy (non-hydrogen) atoms. The molecule has 4 aromatic carbocycles. The number of anilines is 1. The average Bonchev–Trinajstić information content (AvgIpc) is 4.13. The second-order valence-corrected chi connectivity index (χ2v) is 22.6. The lowest BCUT2D eigenvalue weighted by Crippen LogP contribution is -2.50. The Morgan fingerprint density at radius 1 is 0.923 bits per heavy atom. The van der Waals surface area contributed by atoms with E-state index in [9.17, 15) is 24.6 Å². The van der Waals surface area contributed by atoms with E-state index < -0.39 is 41.6 Å². The zero-order valence-corrected chi connectivity index (χ0v) is 44.4. The average molecular weight is 1080 g/mol. The minimum Gasteiger partial charge on any atom is -0.486 e. The lowest BCUT2D eigenvalue weighted by Gasteiger charge is -2.31. The van der Waals surface area contributed by atoms with Crippen LogP contribution in [0.3, 0.4) is 0 Å². The molecule has 1 saturated carbocycles. The molecule has 1 aliphatic carbocycles. The molecule has 2 bridgehead atoms. The number of ether oxygens (including phenoxy) is 3. The predicted octanol–water partition coefficient (Wildman–Crippen LogP) is 6.90. The van der Waals surface area contributed by atoms with E-state index in [1.165, 1.54) is 15.1 Å². The Kier molecular flexibility index (Phi) is 13.1. The third kappa shape index (κ3) is 9.17. The zero-order chi connectivity index (χ0) is 53.5. The van der Waals surface area contributed by atoms with Crippen molar-refractivity contribution < 1.29 is 34.0 Å². The Morgan fingerprint density at radius 3 is 2.49 bits per heavy atom. The van der Waals surface area contributed by atoms with E-state index >= 15 is 0 Å². The molecule has 20 heteroatoms. The summed E-state index contributed by atoms with van der Waals surface area (Å²) < 4.78 is 21.1. The summed E-state index contributed by atoms with van der Waals surface area (Å²) in [6, 6.07) is 17.3. The van der Waals surface area contributed by atoms with Gasteiger partial charge in [0.15, 0.2) is 11.3 Å². The van der Waals surface area contributed by atoms with Crippen LogP contribution in [0.2, 0.25) is 5.02 Å². The number of piperazine rings is 1. The highest BCUT2D eigenvalue weighted by atomic mass is 35.5. The summed E-state index contributed by atoms with van der Waals surface area (Å²) in [5.41, 5.74) is 7.55. The highest BCUT2D eigenvalue weighted by Crippen LogP contribution is 2.53. The van der Waals surface area contributed by atoms with Gasteiger partial charge in [-0.2, -0.15) is 20.2 Å². The van der Waals surface area contributed by atoms with E-state index in [1.54, 1.807) is 30.5 Å². The van der Waals surface area contributed by atoms with Gasteiger partial charge < -0.3 is 49.8 Å². The highest BCUT2D eigenvalue weighted by Gasteiger charge is 2.44. The first-order chi connectivity index (χ1) is 37.9. The first-order valence-electron chi connectivity index (χ1n) is 27.2. The molecule has 5 aliphatic rings. The number of halogens is 1. The summed E-state index contributed by atoms with van der Waals surface area (Å²) in [5.74, 6) is 0.518. The Hall–Kier alpha value is -7.16. The molecule has 404 valence electrons. The molecule has 4 saturated heterocycles. The maximum Gasteiger partial charge on any atom is 0.319 e. The second kappa shape index (κ2) is 20.3. The third-order valence-corrected chi connectivity index (χ3v) is 16.8. The van der Waals surface area contributed by atoms with Gasteiger partial charge in [0.25, 0.3) is 5.56 Å². The molecule has 19 nitrogen and oxygen atoms in total.